The van der Waals surface area contributed by atoms with Crippen molar-refractivity contribution < 1.29 is 75.0 Å². The molecule has 1 saturated heterocycles. The molecule has 3 heterocycles. The van der Waals surface area contributed by atoms with Gasteiger partial charge in [-0.05, 0) is 30.7 Å². The van der Waals surface area contributed by atoms with Crippen LogP contribution in [0.25, 0.3) is 0 Å². The van der Waals surface area contributed by atoms with Gasteiger partial charge in [0.2, 0.25) is 5.91 Å². The lowest BCUT2D eigenvalue weighted by Gasteiger charge is -2.32. The summed E-state index contributed by atoms with van der Waals surface area (Å²) in [6.07, 6.45) is 4.88. The highest BCUT2D eigenvalue weighted by atomic mass is 31.3. The molecule has 0 aromatic heterocycles. The van der Waals surface area contributed by atoms with Crippen molar-refractivity contribution in [2.45, 2.75) is 37.9 Å². The number of nitrogens with one attached hydrogen (secondary N) is 2. The third-order valence-electron chi connectivity index (χ3n) is 7.66. The molecule has 22 nitrogen and oxygen atoms in total. The van der Waals surface area contributed by atoms with E-state index in [1.54, 1.807) is 47.5 Å². The average molecular weight is 837 g/mol. The van der Waals surface area contributed by atoms with E-state index < -0.39 is 60.6 Å². The predicted molar refractivity (Wildman–Crippen MR) is 193 cm³/mol. The molecule has 0 bridgehead atoms. The summed E-state index contributed by atoms with van der Waals surface area (Å²) in [5.41, 5.74) is 7.39. The number of fused-ring (bicyclic) bond motifs is 1. The highest BCUT2D eigenvalue weighted by Crippen LogP contribution is 2.66. The van der Waals surface area contributed by atoms with Crippen molar-refractivity contribution in [3.8, 4) is 5.75 Å². The number of phosphoric acid groups is 3. The Morgan fingerprint density at radius 3 is 2.64 bits per heavy atom. The standard InChI is InChI=1S/C30H43N6O16P3/c1-3-11-48-23-15-26(50-24(23)17-49-54(42,43)52-55(44,45)51-53(39,40)41)36-16-21(27-28(31)34-19-35-29(27)36)8-6-10-33-25(37)18-46-12-13-47-22-9-5-7-20(14-22)30(38)32-4-2/h3,5-9,14,16,19,23-24,26-27,29H,1,4,10-13,15,17-18H2,2H3,(H,32,38)(H,33,37)(H,42,43)(H,44,45)(H2,31,34,35)(H2,39,40,41)/b8-6+/t23-,24?,26-,27?,29?/m1/s1. The first-order chi connectivity index (χ1) is 26.0. The number of allylic oxidation sites excluding steroid dienone is 1. The maximum Gasteiger partial charge on any atom is 0.490 e. The van der Waals surface area contributed by atoms with Gasteiger partial charge in [0.25, 0.3) is 5.91 Å². The third kappa shape index (κ3) is 13.8. The van der Waals surface area contributed by atoms with Crippen LogP contribution in [-0.2, 0) is 45.8 Å². The van der Waals surface area contributed by atoms with E-state index >= 15 is 0 Å². The number of aliphatic imine (C=N–C) groups is 2. The number of amides is 2. The van der Waals surface area contributed by atoms with Crippen LogP contribution in [0.3, 0.4) is 0 Å². The Labute approximate surface area is 315 Å². The molecule has 1 fully saturated rings. The number of nitrogens with zero attached hydrogens (tertiary/aromatic N) is 3. The second-order valence-corrected chi connectivity index (χ2v) is 16.1. The lowest BCUT2D eigenvalue weighted by atomic mass is 9.97. The fraction of sp³-hybridized carbons (Fsp3) is 0.467. The number of rotatable bonds is 22. The Morgan fingerprint density at radius 1 is 1.13 bits per heavy atom. The summed E-state index contributed by atoms with van der Waals surface area (Å²) in [6.45, 7) is 5.46. The minimum absolute atomic E-state index is 0.0551. The van der Waals surface area contributed by atoms with Gasteiger partial charge in [0.05, 0.1) is 31.8 Å². The summed E-state index contributed by atoms with van der Waals surface area (Å²) in [7, 11) is -16.7. The number of hydrogen-bond donors (Lipinski definition) is 7. The summed E-state index contributed by atoms with van der Waals surface area (Å²) in [4.78, 5) is 71.6. The van der Waals surface area contributed by atoms with Crippen molar-refractivity contribution in [3.63, 3.8) is 0 Å². The topological polar surface area (TPSA) is 309 Å². The van der Waals surface area contributed by atoms with Crippen LogP contribution in [0, 0.1) is 5.92 Å². The molecule has 3 aliphatic rings. The zero-order valence-corrected chi connectivity index (χ0v) is 32.1. The first-order valence-electron chi connectivity index (χ1n) is 16.5. The molecule has 0 saturated carbocycles. The average Bonchev–Trinajstić information content (AvgIpc) is 3.68. The molecule has 304 valence electrons. The van der Waals surface area contributed by atoms with Gasteiger partial charge in [-0.3, -0.25) is 14.1 Å². The van der Waals surface area contributed by atoms with Gasteiger partial charge >= 0.3 is 23.5 Å². The summed E-state index contributed by atoms with van der Waals surface area (Å²) < 4.78 is 70.2. The molecule has 4 rings (SSSR count). The predicted octanol–water partition coefficient (Wildman–Crippen LogP) is 1.07. The van der Waals surface area contributed by atoms with Gasteiger partial charge in [-0.2, -0.15) is 8.62 Å². The molecule has 7 atom stereocenters. The number of phosphoric ester groups is 1. The molecule has 8 N–H and O–H groups in total. The first kappa shape index (κ1) is 44.1. The van der Waals surface area contributed by atoms with Crippen molar-refractivity contribution >= 4 is 47.5 Å². The van der Waals surface area contributed by atoms with E-state index in [4.69, 9.17) is 39.0 Å². The third-order valence-corrected chi connectivity index (χ3v) is 11.5. The molecular formula is C30H43N6O16P3. The Balaban J connectivity index is 1.29. The summed E-state index contributed by atoms with van der Waals surface area (Å²) in [6, 6.07) is 6.70. The van der Waals surface area contributed by atoms with Crippen molar-refractivity contribution in [2.75, 3.05) is 46.1 Å². The van der Waals surface area contributed by atoms with E-state index in [9.17, 15) is 33.1 Å². The zero-order valence-electron chi connectivity index (χ0n) is 29.4. The fourth-order valence-electron chi connectivity index (χ4n) is 5.47. The van der Waals surface area contributed by atoms with Gasteiger partial charge < -0.3 is 59.8 Å². The van der Waals surface area contributed by atoms with Crippen LogP contribution in [0.1, 0.15) is 23.7 Å². The fourth-order valence-corrected chi connectivity index (χ4v) is 8.50. The molecule has 0 aliphatic carbocycles. The minimum Gasteiger partial charge on any atom is -0.491 e. The van der Waals surface area contributed by atoms with E-state index in [1.807, 2.05) is 6.92 Å². The maximum atomic E-state index is 12.3. The smallest absolute Gasteiger partial charge is 0.490 e. The number of carbonyl (C=O) groups is 2. The first-order valence-corrected chi connectivity index (χ1v) is 21.0. The van der Waals surface area contributed by atoms with Crippen molar-refractivity contribution in [1.29, 1.82) is 0 Å². The molecule has 0 spiro atoms. The minimum atomic E-state index is -5.72. The monoisotopic (exact) mass is 836 g/mol. The van der Waals surface area contributed by atoms with Gasteiger partial charge in [-0.1, -0.05) is 24.3 Å². The molecular weight excluding hydrogens is 793 g/mol. The quantitative estimate of drug-likeness (QED) is 0.0488. The van der Waals surface area contributed by atoms with E-state index in [2.05, 4.69) is 35.8 Å². The number of ether oxygens (including phenoxy) is 4. The van der Waals surface area contributed by atoms with Crippen molar-refractivity contribution in [1.82, 2.24) is 15.5 Å². The van der Waals surface area contributed by atoms with Gasteiger partial charge in [-0.15, -0.1) is 6.58 Å². The van der Waals surface area contributed by atoms with Crippen molar-refractivity contribution in [3.05, 3.63) is 66.4 Å². The van der Waals surface area contributed by atoms with E-state index in [0.717, 1.165) is 0 Å². The van der Waals surface area contributed by atoms with Crippen LogP contribution < -0.4 is 21.1 Å². The van der Waals surface area contributed by atoms with Crippen LogP contribution in [0.15, 0.2) is 70.8 Å². The normalized spacial score (nSPS) is 24.4. The molecule has 1 aromatic rings. The number of amidine groups is 1. The van der Waals surface area contributed by atoms with Gasteiger partial charge in [0, 0.05) is 31.3 Å². The maximum absolute atomic E-state index is 12.3. The van der Waals surface area contributed by atoms with Crippen LogP contribution in [-0.4, -0.2) is 119 Å². The molecule has 25 heteroatoms. The van der Waals surface area contributed by atoms with E-state index in [0.29, 0.717) is 23.4 Å². The Morgan fingerprint density at radius 2 is 1.91 bits per heavy atom. The number of nitrogens with two attached hydrogens (primary N) is 1. The van der Waals surface area contributed by atoms with E-state index in [1.165, 1.54) is 12.4 Å². The summed E-state index contributed by atoms with van der Waals surface area (Å²) in [5.74, 6) is -0.344. The molecule has 3 aliphatic heterocycles. The van der Waals surface area contributed by atoms with E-state index in [-0.39, 0.29) is 57.0 Å². The Kier molecular flexibility index (Phi) is 16.1. The largest absolute Gasteiger partial charge is 0.491 e. The summed E-state index contributed by atoms with van der Waals surface area (Å²) >= 11 is 0. The SMILES string of the molecule is C=CCO[C@@H]1C[C@H](N2C=C(/C=C/CNC(=O)COCCOc3cccc(C(=O)NCC)c3)C3C(N)=NC=NC32)OC1COP(=O)(O)OP(=O)(O)OP(=O)(O)O. The molecule has 0 radical (unpaired) electrons. The highest BCUT2D eigenvalue weighted by Gasteiger charge is 2.48. The number of hydrogen-bond acceptors (Lipinski definition) is 16. The highest BCUT2D eigenvalue weighted by molar-refractivity contribution is 7.66. The van der Waals surface area contributed by atoms with Crippen LogP contribution in [0.5, 0.6) is 5.75 Å². The molecule has 2 amide bonds. The van der Waals surface area contributed by atoms with Gasteiger partial charge in [0.1, 0.15) is 49.6 Å². The summed E-state index contributed by atoms with van der Waals surface area (Å²) in [5, 5.41) is 5.43. The number of carbonyl (C=O) groups excluding carboxylic acids is 2. The van der Waals surface area contributed by atoms with Crippen LogP contribution in [0.2, 0.25) is 0 Å². The lowest BCUT2D eigenvalue weighted by molar-refractivity contribution is -0.125. The second-order valence-electron chi connectivity index (χ2n) is 11.7. The lowest BCUT2D eigenvalue weighted by Crippen LogP contribution is -2.44. The zero-order chi connectivity index (χ0) is 40.2. The Bertz CT molecular complexity index is 1800. The van der Waals surface area contributed by atoms with Crippen LogP contribution >= 0.6 is 23.5 Å². The van der Waals surface area contributed by atoms with Gasteiger partial charge in [0.15, 0.2) is 0 Å². The van der Waals surface area contributed by atoms with Crippen LogP contribution in [0.4, 0.5) is 0 Å². The Hall–Kier alpha value is -3.59. The van der Waals surface area contributed by atoms with Gasteiger partial charge in [-0.25, -0.2) is 23.7 Å². The van der Waals surface area contributed by atoms with Crippen molar-refractivity contribution in [2.24, 2.45) is 21.6 Å². The number of benzene rings is 1. The molecule has 1 aromatic carbocycles. The molecule has 55 heavy (non-hydrogen) atoms. The molecule has 5 unspecified atom stereocenters. The second kappa shape index (κ2) is 20.0.